The maximum Gasteiger partial charge on any atom is 0.304 e. The van der Waals surface area contributed by atoms with Gasteiger partial charge in [0, 0.05) is 30.7 Å². The summed E-state index contributed by atoms with van der Waals surface area (Å²) in [6, 6.07) is 10.4. The molecule has 0 spiro atoms. The number of aryl methyl sites for hydroxylation is 2. The van der Waals surface area contributed by atoms with Crippen molar-refractivity contribution in [2.24, 2.45) is 0 Å². The monoisotopic (exact) mass is 443 g/mol. The van der Waals surface area contributed by atoms with E-state index in [1.807, 2.05) is 19.1 Å². The Kier molecular flexibility index (Phi) is 7.33. The van der Waals surface area contributed by atoms with Crippen LogP contribution in [0.4, 0.5) is 5.69 Å². The van der Waals surface area contributed by atoms with Gasteiger partial charge in [0.15, 0.2) is 0 Å². The number of halogens is 2. The number of carbonyl (C=O) groups excluding carboxylic acids is 1. The maximum absolute atomic E-state index is 12.8. The van der Waals surface area contributed by atoms with Crippen LogP contribution in [0.25, 0.3) is 0 Å². The molecule has 0 saturated carbocycles. The van der Waals surface area contributed by atoms with Gasteiger partial charge in [-0.1, -0.05) is 41.4 Å². The standard InChI is InChI=1S/C19H23Cl2N3O3S/c1-13-5-6-14(2)18(9-13)24(28(26,27)23(3)4)12-19(25)22-11-15-7-8-16(20)10-17(15)21/h5-10H,11-12H2,1-4H3,(H,22,25). The van der Waals surface area contributed by atoms with Gasteiger partial charge in [-0.25, -0.2) is 4.31 Å². The van der Waals surface area contributed by atoms with Gasteiger partial charge in [-0.3, -0.25) is 4.79 Å². The van der Waals surface area contributed by atoms with Crippen LogP contribution in [-0.4, -0.2) is 39.3 Å². The van der Waals surface area contributed by atoms with Crippen LogP contribution in [0.5, 0.6) is 0 Å². The van der Waals surface area contributed by atoms with Crippen molar-refractivity contribution in [3.63, 3.8) is 0 Å². The third-order valence-corrected chi connectivity index (χ3v) is 6.54. The molecule has 2 rings (SSSR count). The van der Waals surface area contributed by atoms with Crippen LogP contribution in [0.1, 0.15) is 16.7 Å². The van der Waals surface area contributed by atoms with Crippen LogP contribution in [0, 0.1) is 13.8 Å². The molecule has 0 saturated heterocycles. The number of hydrogen-bond acceptors (Lipinski definition) is 3. The number of nitrogens with one attached hydrogen (secondary N) is 1. The molecule has 0 aliphatic carbocycles. The minimum atomic E-state index is -3.86. The summed E-state index contributed by atoms with van der Waals surface area (Å²) in [6.45, 7) is 3.48. The molecule has 0 bridgehead atoms. The zero-order valence-corrected chi connectivity index (χ0v) is 18.5. The fourth-order valence-electron chi connectivity index (χ4n) is 2.52. The number of anilines is 1. The molecule has 1 amide bonds. The SMILES string of the molecule is Cc1ccc(C)c(N(CC(=O)NCc2ccc(Cl)cc2Cl)S(=O)(=O)N(C)C)c1. The fourth-order valence-corrected chi connectivity index (χ4v) is 4.12. The second-order valence-corrected chi connectivity index (χ2v) is 9.51. The summed E-state index contributed by atoms with van der Waals surface area (Å²) in [5.74, 6) is -0.447. The highest BCUT2D eigenvalue weighted by molar-refractivity contribution is 7.90. The molecule has 1 N–H and O–H groups in total. The Balaban J connectivity index is 2.25. The Bertz CT molecular complexity index is 978. The number of amides is 1. The van der Waals surface area contributed by atoms with Crippen LogP contribution in [0.15, 0.2) is 36.4 Å². The summed E-state index contributed by atoms with van der Waals surface area (Å²) in [7, 11) is -1.00. The molecule has 0 aliphatic rings. The summed E-state index contributed by atoms with van der Waals surface area (Å²) >= 11 is 12.0. The Labute approximate surface area is 176 Å². The molecule has 152 valence electrons. The highest BCUT2D eigenvalue weighted by Crippen LogP contribution is 2.25. The zero-order valence-electron chi connectivity index (χ0n) is 16.2. The first kappa shape index (κ1) is 22.5. The van der Waals surface area contributed by atoms with E-state index in [9.17, 15) is 13.2 Å². The molecular formula is C19H23Cl2N3O3S. The van der Waals surface area contributed by atoms with E-state index < -0.39 is 16.1 Å². The lowest BCUT2D eigenvalue weighted by atomic mass is 10.1. The number of hydrogen-bond donors (Lipinski definition) is 1. The normalized spacial score (nSPS) is 11.5. The van der Waals surface area contributed by atoms with Crippen molar-refractivity contribution in [3.05, 3.63) is 63.1 Å². The van der Waals surface area contributed by atoms with Gasteiger partial charge >= 0.3 is 10.2 Å². The molecule has 0 unspecified atom stereocenters. The van der Waals surface area contributed by atoms with E-state index >= 15 is 0 Å². The molecule has 0 heterocycles. The number of carbonyl (C=O) groups is 1. The van der Waals surface area contributed by atoms with Gasteiger partial charge in [-0.15, -0.1) is 0 Å². The minimum absolute atomic E-state index is 0.164. The molecule has 2 aromatic carbocycles. The van der Waals surface area contributed by atoms with E-state index in [1.165, 1.54) is 14.1 Å². The van der Waals surface area contributed by atoms with Gasteiger partial charge in [0.1, 0.15) is 6.54 Å². The number of benzene rings is 2. The zero-order chi connectivity index (χ0) is 21.1. The first-order valence-electron chi connectivity index (χ1n) is 8.50. The molecule has 28 heavy (non-hydrogen) atoms. The van der Waals surface area contributed by atoms with E-state index in [2.05, 4.69) is 5.32 Å². The van der Waals surface area contributed by atoms with Crippen LogP contribution < -0.4 is 9.62 Å². The molecule has 6 nitrogen and oxygen atoms in total. The average Bonchev–Trinajstić information content (AvgIpc) is 2.61. The number of rotatable bonds is 7. The molecule has 0 aliphatic heterocycles. The third-order valence-electron chi connectivity index (χ3n) is 4.15. The van der Waals surface area contributed by atoms with Gasteiger partial charge in [0.25, 0.3) is 0 Å². The van der Waals surface area contributed by atoms with Gasteiger partial charge < -0.3 is 5.32 Å². The summed E-state index contributed by atoms with van der Waals surface area (Å²) in [6.07, 6.45) is 0. The summed E-state index contributed by atoms with van der Waals surface area (Å²) < 4.78 is 27.9. The Morgan fingerprint density at radius 1 is 1.07 bits per heavy atom. The van der Waals surface area contributed by atoms with Crippen LogP contribution >= 0.6 is 23.2 Å². The minimum Gasteiger partial charge on any atom is -0.350 e. The Hall–Kier alpha value is -1.80. The molecular weight excluding hydrogens is 421 g/mol. The molecule has 9 heteroatoms. The molecule has 0 aromatic heterocycles. The lowest BCUT2D eigenvalue weighted by Crippen LogP contribution is -2.46. The first-order valence-corrected chi connectivity index (χ1v) is 10.7. The van der Waals surface area contributed by atoms with E-state index in [4.69, 9.17) is 23.2 Å². The lowest BCUT2D eigenvalue weighted by Gasteiger charge is -2.28. The predicted molar refractivity (Wildman–Crippen MR) is 114 cm³/mol. The third kappa shape index (κ3) is 5.38. The van der Waals surface area contributed by atoms with Crippen molar-refractivity contribution in [1.29, 1.82) is 0 Å². The van der Waals surface area contributed by atoms with Gasteiger partial charge in [0.2, 0.25) is 5.91 Å². The predicted octanol–water partition coefficient (Wildman–Crippen LogP) is 3.54. The fraction of sp³-hybridized carbons (Fsp3) is 0.316. The van der Waals surface area contributed by atoms with Crippen molar-refractivity contribution in [3.8, 4) is 0 Å². The highest BCUT2D eigenvalue weighted by atomic mass is 35.5. The highest BCUT2D eigenvalue weighted by Gasteiger charge is 2.28. The Morgan fingerprint density at radius 2 is 1.75 bits per heavy atom. The second kappa shape index (κ2) is 9.13. The molecule has 0 radical (unpaired) electrons. The van der Waals surface area contributed by atoms with E-state index in [-0.39, 0.29) is 13.1 Å². The largest absolute Gasteiger partial charge is 0.350 e. The first-order chi connectivity index (χ1) is 13.0. The van der Waals surface area contributed by atoms with Crippen LogP contribution in [-0.2, 0) is 21.5 Å². The summed E-state index contributed by atoms with van der Waals surface area (Å²) in [5.41, 5.74) is 2.80. The summed E-state index contributed by atoms with van der Waals surface area (Å²) in [4.78, 5) is 12.5. The van der Waals surface area contributed by atoms with Gasteiger partial charge in [0.05, 0.1) is 5.69 Å². The van der Waals surface area contributed by atoms with Crippen molar-refractivity contribution < 1.29 is 13.2 Å². The second-order valence-electron chi connectivity index (χ2n) is 6.60. The molecule has 0 fully saturated rings. The lowest BCUT2D eigenvalue weighted by molar-refractivity contribution is -0.119. The maximum atomic E-state index is 12.8. The van der Waals surface area contributed by atoms with Crippen molar-refractivity contribution in [2.45, 2.75) is 20.4 Å². The van der Waals surface area contributed by atoms with Crippen LogP contribution in [0.3, 0.4) is 0 Å². The van der Waals surface area contributed by atoms with Crippen molar-refractivity contribution in [1.82, 2.24) is 9.62 Å². The van der Waals surface area contributed by atoms with Gasteiger partial charge in [-0.2, -0.15) is 12.7 Å². The van der Waals surface area contributed by atoms with Crippen molar-refractivity contribution >= 4 is 45.0 Å². The average molecular weight is 444 g/mol. The topological polar surface area (TPSA) is 69.7 Å². The number of nitrogens with zero attached hydrogens (tertiary/aromatic N) is 2. The van der Waals surface area contributed by atoms with Gasteiger partial charge in [-0.05, 0) is 48.7 Å². The smallest absolute Gasteiger partial charge is 0.304 e. The quantitative estimate of drug-likeness (QED) is 0.711. The molecule has 0 atom stereocenters. The van der Waals surface area contributed by atoms with E-state index in [0.717, 1.165) is 19.7 Å². The van der Waals surface area contributed by atoms with E-state index in [0.29, 0.717) is 21.3 Å². The van der Waals surface area contributed by atoms with E-state index in [1.54, 1.807) is 31.2 Å². The molecule has 2 aromatic rings. The van der Waals surface area contributed by atoms with Crippen LogP contribution in [0.2, 0.25) is 10.0 Å². The summed E-state index contributed by atoms with van der Waals surface area (Å²) in [5, 5.41) is 3.64. The Morgan fingerprint density at radius 3 is 2.36 bits per heavy atom. The van der Waals surface area contributed by atoms with Crippen molar-refractivity contribution in [2.75, 3.05) is 24.9 Å².